The highest BCUT2D eigenvalue weighted by Gasteiger charge is 2.23. The summed E-state index contributed by atoms with van der Waals surface area (Å²) in [5, 5.41) is 0. The van der Waals surface area contributed by atoms with Gasteiger partial charge in [-0.15, -0.1) is 0 Å². The molecule has 1 fully saturated rings. The minimum Gasteiger partial charge on any atom is -0.444 e. The Hall–Kier alpha value is -3.30. The van der Waals surface area contributed by atoms with Crippen molar-refractivity contribution in [3.8, 4) is 11.5 Å². The van der Waals surface area contributed by atoms with Gasteiger partial charge in [-0.2, -0.15) is 0 Å². The van der Waals surface area contributed by atoms with E-state index in [0.717, 1.165) is 32.1 Å². The lowest BCUT2D eigenvalue weighted by Crippen LogP contribution is -2.39. The number of carbonyl (C=O) groups excluding carboxylic acids is 1. The lowest BCUT2D eigenvalue weighted by molar-refractivity contribution is 0.0216. The minimum atomic E-state index is -0.696. The van der Waals surface area contributed by atoms with Crippen LogP contribution >= 0.6 is 0 Å². The van der Waals surface area contributed by atoms with E-state index >= 15 is 0 Å². The number of ether oxygens (including phenoxy) is 1. The van der Waals surface area contributed by atoms with Crippen LogP contribution in [0.5, 0.6) is 0 Å². The molecule has 0 saturated carbocycles. The molecule has 0 radical (unpaired) electrons. The van der Waals surface area contributed by atoms with Crippen molar-refractivity contribution in [2.45, 2.75) is 59.5 Å². The highest BCUT2D eigenvalue weighted by molar-refractivity contribution is 5.68. The summed E-state index contributed by atoms with van der Waals surface area (Å²) < 4.78 is 32.9. The standard InChI is InChI=1S/C11H7F2N5.C10H19NO2.C2H6/c12-6-1-2-9-15-4-8(18(9)5-6)11-16-3-7(13)10(14)17-11;1-10(2,3)13-9(12)11-7-5-4-6-8-11;1-2/h1-5H,(H2,14,16,17);4-8H2,1-3H3;1-2H3. The summed E-state index contributed by atoms with van der Waals surface area (Å²) in [7, 11) is 0. The zero-order chi connectivity index (χ0) is 24.6. The van der Waals surface area contributed by atoms with Crippen LogP contribution in [0.25, 0.3) is 17.2 Å². The maximum absolute atomic E-state index is 13.2. The van der Waals surface area contributed by atoms with Gasteiger partial charge in [-0.1, -0.05) is 13.8 Å². The fourth-order valence-electron chi connectivity index (χ4n) is 3.03. The maximum atomic E-state index is 13.2. The Morgan fingerprint density at radius 3 is 2.33 bits per heavy atom. The number of pyridine rings is 1. The molecule has 180 valence electrons. The fourth-order valence-corrected chi connectivity index (χ4v) is 3.03. The highest BCUT2D eigenvalue weighted by atomic mass is 19.1. The molecule has 1 aliphatic rings. The van der Waals surface area contributed by atoms with E-state index in [2.05, 4.69) is 15.0 Å². The molecular weight excluding hydrogens is 430 g/mol. The van der Waals surface area contributed by atoms with Crippen molar-refractivity contribution in [2.75, 3.05) is 18.8 Å². The Kier molecular flexibility index (Phi) is 9.07. The number of aromatic nitrogens is 4. The lowest BCUT2D eigenvalue weighted by atomic mass is 10.1. The summed E-state index contributed by atoms with van der Waals surface area (Å²) in [5.74, 6) is -1.19. The predicted octanol–water partition coefficient (Wildman–Crippen LogP) is 5.09. The van der Waals surface area contributed by atoms with Gasteiger partial charge < -0.3 is 15.4 Å². The third-order valence-corrected chi connectivity index (χ3v) is 4.48. The number of fused-ring (bicyclic) bond motifs is 1. The van der Waals surface area contributed by atoms with Crippen molar-refractivity contribution in [1.29, 1.82) is 0 Å². The number of piperidine rings is 1. The van der Waals surface area contributed by atoms with Gasteiger partial charge in [0.25, 0.3) is 0 Å². The molecule has 0 unspecified atom stereocenters. The van der Waals surface area contributed by atoms with Gasteiger partial charge in [-0.05, 0) is 52.2 Å². The quantitative estimate of drug-likeness (QED) is 0.541. The predicted molar refractivity (Wildman–Crippen MR) is 124 cm³/mol. The number of imidazole rings is 1. The van der Waals surface area contributed by atoms with E-state index in [9.17, 15) is 13.6 Å². The van der Waals surface area contributed by atoms with Gasteiger partial charge >= 0.3 is 6.09 Å². The van der Waals surface area contributed by atoms with Crippen LogP contribution in [0, 0.1) is 11.6 Å². The highest BCUT2D eigenvalue weighted by Crippen LogP contribution is 2.19. The van der Waals surface area contributed by atoms with Crippen molar-refractivity contribution in [3.63, 3.8) is 0 Å². The maximum Gasteiger partial charge on any atom is 0.410 e. The molecule has 0 aliphatic carbocycles. The first-order chi connectivity index (χ1) is 15.6. The summed E-state index contributed by atoms with van der Waals surface area (Å²) >= 11 is 0. The Bertz CT molecular complexity index is 1060. The van der Waals surface area contributed by atoms with Crippen LogP contribution in [0.2, 0.25) is 0 Å². The summed E-state index contributed by atoms with van der Waals surface area (Å²) in [4.78, 5) is 25.0. The zero-order valence-corrected chi connectivity index (χ0v) is 19.8. The number of amides is 1. The molecule has 1 amide bonds. The van der Waals surface area contributed by atoms with E-state index in [4.69, 9.17) is 10.5 Å². The first-order valence-electron chi connectivity index (χ1n) is 11.0. The molecule has 10 heteroatoms. The molecule has 3 aromatic rings. The van der Waals surface area contributed by atoms with Crippen molar-refractivity contribution in [1.82, 2.24) is 24.3 Å². The Balaban J connectivity index is 0.000000228. The van der Waals surface area contributed by atoms with E-state index in [-0.39, 0.29) is 23.3 Å². The number of nitrogens with two attached hydrogens (primary N) is 1. The molecule has 4 heterocycles. The molecule has 2 N–H and O–H groups in total. The summed E-state index contributed by atoms with van der Waals surface area (Å²) in [6.45, 7) is 11.4. The fraction of sp³-hybridized carbons (Fsp3) is 0.478. The molecule has 0 spiro atoms. The average molecular weight is 463 g/mol. The summed E-state index contributed by atoms with van der Waals surface area (Å²) in [6, 6.07) is 2.82. The number of rotatable bonds is 1. The van der Waals surface area contributed by atoms with Crippen molar-refractivity contribution in [2.24, 2.45) is 0 Å². The third-order valence-electron chi connectivity index (χ3n) is 4.48. The van der Waals surface area contributed by atoms with Gasteiger partial charge in [0.15, 0.2) is 17.5 Å². The smallest absolute Gasteiger partial charge is 0.410 e. The van der Waals surface area contributed by atoms with E-state index in [1.807, 2.05) is 34.6 Å². The molecule has 8 nitrogen and oxygen atoms in total. The number of halogens is 2. The van der Waals surface area contributed by atoms with Crippen molar-refractivity contribution >= 4 is 17.6 Å². The Morgan fingerprint density at radius 1 is 1.06 bits per heavy atom. The summed E-state index contributed by atoms with van der Waals surface area (Å²) in [5.41, 5.74) is 5.98. The number of anilines is 1. The number of hydrogen-bond acceptors (Lipinski definition) is 6. The second kappa shape index (κ2) is 11.5. The Labute approximate surface area is 192 Å². The number of carbonyl (C=O) groups is 1. The molecule has 0 atom stereocenters. The van der Waals surface area contributed by atoms with Crippen LogP contribution < -0.4 is 5.73 Å². The monoisotopic (exact) mass is 462 g/mol. The Morgan fingerprint density at radius 2 is 1.73 bits per heavy atom. The van der Waals surface area contributed by atoms with Crippen LogP contribution in [-0.4, -0.2) is 49.0 Å². The van der Waals surface area contributed by atoms with Gasteiger partial charge in [-0.25, -0.2) is 28.5 Å². The van der Waals surface area contributed by atoms with Gasteiger partial charge in [0, 0.05) is 19.3 Å². The number of likely N-dealkylation sites (tertiary alicyclic amines) is 1. The van der Waals surface area contributed by atoms with Crippen LogP contribution in [0.1, 0.15) is 53.9 Å². The average Bonchev–Trinajstić information content (AvgIpc) is 3.20. The third kappa shape index (κ3) is 7.37. The molecule has 0 aromatic carbocycles. The van der Waals surface area contributed by atoms with Crippen LogP contribution in [0.3, 0.4) is 0 Å². The van der Waals surface area contributed by atoms with Gasteiger partial charge in [0.2, 0.25) is 0 Å². The SMILES string of the molecule is CC.CC(C)(C)OC(=O)N1CCCCC1.Nc1nc(-c2cnc3ccc(F)cn23)ncc1F. The molecule has 0 bridgehead atoms. The largest absolute Gasteiger partial charge is 0.444 e. The number of nitrogen functional groups attached to an aromatic ring is 1. The second-order valence-electron chi connectivity index (χ2n) is 8.17. The number of nitrogens with zero attached hydrogens (tertiary/aromatic N) is 5. The topological polar surface area (TPSA) is 98.6 Å². The lowest BCUT2D eigenvalue weighted by Gasteiger charge is -2.29. The first kappa shape index (κ1) is 26.0. The van der Waals surface area contributed by atoms with Crippen LogP contribution in [0.4, 0.5) is 19.4 Å². The second-order valence-corrected chi connectivity index (χ2v) is 8.17. The van der Waals surface area contributed by atoms with E-state index in [0.29, 0.717) is 11.3 Å². The molecule has 1 saturated heterocycles. The van der Waals surface area contributed by atoms with Gasteiger partial charge in [-0.3, -0.25) is 4.40 Å². The van der Waals surface area contributed by atoms with Gasteiger partial charge in [0.05, 0.1) is 12.4 Å². The van der Waals surface area contributed by atoms with Crippen molar-refractivity contribution in [3.05, 3.63) is 42.4 Å². The van der Waals surface area contributed by atoms with Crippen molar-refractivity contribution < 1.29 is 18.3 Å². The molecule has 1 aliphatic heterocycles. The molecule has 33 heavy (non-hydrogen) atoms. The molecule has 4 rings (SSSR count). The molecule has 3 aromatic heterocycles. The van der Waals surface area contributed by atoms with E-state index in [1.54, 1.807) is 4.90 Å². The summed E-state index contributed by atoms with van der Waals surface area (Å²) in [6.07, 6.45) is 6.99. The normalized spacial score (nSPS) is 13.5. The first-order valence-corrected chi connectivity index (χ1v) is 11.0. The van der Waals surface area contributed by atoms with Gasteiger partial charge in [0.1, 0.15) is 22.8 Å². The molecular formula is C23H32F2N6O2. The van der Waals surface area contributed by atoms with Crippen LogP contribution in [-0.2, 0) is 4.74 Å². The zero-order valence-electron chi connectivity index (χ0n) is 19.8. The van der Waals surface area contributed by atoms with E-state index in [1.165, 1.54) is 35.3 Å². The minimum absolute atomic E-state index is 0.160. The van der Waals surface area contributed by atoms with Crippen LogP contribution in [0.15, 0.2) is 30.7 Å². The number of hydrogen-bond donors (Lipinski definition) is 1. The van der Waals surface area contributed by atoms with E-state index < -0.39 is 11.6 Å².